The smallest absolute Gasteiger partial charge is 0.328 e. The maximum atomic E-state index is 12.0. The molecule has 1 rings (SSSR count). The molecule has 2 amide bonds. The van der Waals surface area contributed by atoms with Crippen LogP contribution >= 0.6 is 0 Å². The van der Waals surface area contributed by atoms with Crippen molar-refractivity contribution in [3.8, 4) is 6.07 Å². The summed E-state index contributed by atoms with van der Waals surface area (Å²) in [6, 6.07) is 7.95. The topological polar surface area (TPSA) is 108 Å². The molecule has 0 unspecified atom stereocenters. The fourth-order valence-electron chi connectivity index (χ4n) is 1.70. The van der Waals surface area contributed by atoms with Crippen LogP contribution in [0.1, 0.15) is 29.3 Å². The molecule has 0 aliphatic rings. The Balaban J connectivity index is 2.40. The number of nitrogens with zero attached hydrogens (tertiary/aromatic N) is 1. The zero-order valence-corrected chi connectivity index (χ0v) is 13.1. The highest BCUT2D eigenvalue weighted by atomic mass is 16.5. The number of ether oxygens (including phenoxy) is 1. The van der Waals surface area contributed by atoms with E-state index in [0.29, 0.717) is 5.56 Å². The number of carbonyl (C=O) groups excluding carboxylic acids is 3. The molecule has 0 aromatic heterocycles. The van der Waals surface area contributed by atoms with Gasteiger partial charge in [0.2, 0.25) is 0 Å². The molecule has 2 N–H and O–H groups in total. The van der Waals surface area contributed by atoms with Crippen LogP contribution in [0.25, 0.3) is 0 Å². The predicted octanol–water partition coefficient (Wildman–Crippen LogP) is 0.686. The molecule has 0 saturated heterocycles. The number of aryl methyl sites for hydroxylation is 1. The van der Waals surface area contributed by atoms with Crippen LogP contribution in [0.4, 0.5) is 0 Å². The summed E-state index contributed by atoms with van der Waals surface area (Å²) in [6.07, 6.45) is 0.183. The van der Waals surface area contributed by atoms with Crippen molar-refractivity contribution < 1.29 is 19.1 Å². The Bertz CT molecular complexity index is 622. The van der Waals surface area contributed by atoms with E-state index in [9.17, 15) is 14.4 Å². The van der Waals surface area contributed by atoms with Gasteiger partial charge in [-0.05, 0) is 26.0 Å². The third-order valence-electron chi connectivity index (χ3n) is 2.89. The average Bonchev–Trinajstić information content (AvgIpc) is 2.52. The van der Waals surface area contributed by atoms with E-state index in [4.69, 9.17) is 10.00 Å². The first kappa shape index (κ1) is 18.2. The van der Waals surface area contributed by atoms with Crippen LogP contribution in [0.5, 0.6) is 0 Å². The van der Waals surface area contributed by atoms with Gasteiger partial charge in [-0.3, -0.25) is 9.59 Å². The number of esters is 1. The summed E-state index contributed by atoms with van der Waals surface area (Å²) in [5.41, 5.74) is 1.38. The van der Waals surface area contributed by atoms with E-state index >= 15 is 0 Å². The minimum atomic E-state index is -0.880. The Labute approximate surface area is 134 Å². The summed E-state index contributed by atoms with van der Waals surface area (Å²) >= 11 is 0. The molecule has 23 heavy (non-hydrogen) atoms. The summed E-state index contributed by atoms with van der Waals surface area (Å²) in [4.78, 5) is 35.1. The Morgan fingerprint density at radius 1 is 1.35 bits per heavy atom. The number of benzene rings is 1. The van der Waals surface area contributed by atoms with Crippen molar-refractivity contribution in [3.05, 3.63) is 35.4 Å². The maximum absolute atomic E-state index is 12.0. The summed E-state index contributed by atoms with van der Waals surface area (Å²) < 4.78 is 4.81. The highest BCUT2D eigenvalue weighted by molar-refractivity contribution is 5.97. The Morgan fingerprint density at radius 2 is 2.09 bits per heavy atom. The fourth-order valence-corrected chi connectivity index (χ4v) is 1.70. The van der Waals surface area contributed by atoms with Gasteiger partial charge < -0.3 is 15.4 Å². The SMILES string of the molecule is Cc1cccc(C(=O)N[C@@H](C)C(=O)OCC(=O)NCCC#N)c1. The quantitative estimate of drug-likeness (QED) is 0.568. The molecule has 1 aromatic carbocycles. The van der Waals surface area contributed by atoms with Gasteiger partial charge >= 0.3 is 5.97 Å². The Morgan fingerprint density at radius 3 is 2.74 bits per heavy atom. The number of nitriles is 1. The molecule has 1 atom stereocenters. The monoisotopic (exact) mass is 317 g/mol. The first-order chi connectivity index (χ1) is 10.9. The lowest BCUT2D eigenvalue weighted by atomic mass is 10.1. The van der Waals surface area contributed by atoms with E-state index in [1.807, 2.05) is 19.1 Å². The van der Waals surface area contributed by atoms with Gasteiger partial charge in [-0.2, -0.15) is 5.26 Å². The fraction of sp³-hybridized carbons (Fsp3) is 0.375. The van der Waals surface area contributed by atoms with Crippen LogP contribution in [0.3, 0.4) is 0 Å². The van der Waals surface area contributed by atoms with Gasteiger partial charge in [0.15, 0.2) is 6.61 Å². The zero-order chi connectivity index (χ0) is 17.2. The number of amides is 2. The number of rotatable bonds is 7. The second kappa shape index (κ2) is 9.20. The number of hydrogen-bond donors (Lipinski definition) is 2. The van der Waals surface area contributed by atoms with Crippen LogP contribution in [0, 0.1) is 18.3 Å². The first-order valence-electron chi connectivity index (χ1n) is 7.12. The molecule has 0 aliphatic heterocycles. The molecular formula is C16H19N3O4. The van der Waals surface area contributed by atoms with Crippen LogP contribution in [-0.2, 0) is 14.3 Å². The Hall–Kier alpha value is -2.88. The molecule has 0 heterocycles. The van der Waals surface area contributed by atoms with Crippen molar-refractivity contribution in [2.24, 2.45) is 0 Å². The summed E-state index contributed by atoms with van der Waals surface area (Å²) in [7, 11) is 0. The van der Waals surface area contributed by atoms with Crippen LogP contribution in [-0.4, -0.2) is 37.0 Å². The zero-order valence-electron chi connectivity index (χ0n) is 13.1. The van der Waals surface area contributed by atoms with Gasteiger partial charge in [0.25, 0.3) is 11.8 Å². The average molecular weight is 317 g/mol. The lowest BCUT2D eigenvalue weighted by Crippen LogP contribution is -2.41. The summed E-state index contributed by atoms with van der Waals surface area (Å²) in [5, 5.41) is 13.3. The molecule has 7 nitrogen and oxygen atoms in total. The maximum Gasteiger partial charge on any atom is 0.328 e. The van der Waals surface area contributed by atoms with Crippen molar-refractivity contribution in [2.75, 3.05) is 13.2 Å². The summed E-state index contributed by atoms with van der Waals surface area (Å²) in [5.74, 6) is -1.59. The highest BCUT2D eigenvalue weighted by Gasteiger charge is 2.19. The van der Waals surface area contributed by atoms with E-state index in [2.05, 4.69) is 10.6 Å². The van der Waals surface area contributed by atoms with E-state index in [1.165, 1.54) is 6.92 Å². The number of hydrogen-bond acceptors (Lipinski definition) is 5. The number of carbonyl (C=O) groups is 3. The largest absolute Gasteiger partial charge is 0.454 e. The van der Waals surface area contributed by atoms with E-state index in [1.54, 1.807) is 18.2 Å². The standard InChI is InChI=1S/C16H19N3O4/c1-11-5-3-6-13(9-11)15(21)19-12(2)16(22)23-10-14(20)18-8-4-7-17/h3,5-6,9,12H,4,8,10H2,1-2H3,(H,18,20)(H,19,21)/t12-/m0/s1. The minimum Gasteiger partial charge on any atom is -0.454 e. The molecule has 1 aromatic rings. The van der Waals surface area contributed by atoms with Crippen molar-refractivity contribution in [3.63, 3.8) is 0 Å². The molecule has 0 spiro atoms. The van der Waals surface area contributed by atoms with E-state index in [-0.39, 0.29) is 13.0 Å². The molecule has 0 aliphatic carbocycles. The number of nitrogens with one attached hydrogen (secondary N) is 2. The predicted molar refractivity (Wildman–Crippen MR) is 82.3 cm³/mol. The normalized spacial score (nSPS) is 11.0. The van der Waals surface area contributed by atoms with Crippen molar-refractivity contribution >= 4 is 17.8 Å². The molecule has 0 saturated carbocycles. The van der Waals surface area contributed by atoms with Gasteiger partial charge in [-0.15, -0.1) is 0 Å². The molecule has 0 bridgehead atoms. The highest BCUT2D eigenvalue weighted by Crippen LogP contribution is 2.04. The van der Waals surface area contributed by atoms with Crippen LogP contribution < -0.4 is 10.6 Å². The van der Waals surface area contributed by atoms with Gasteiger partial charge in [0, 0.05) is 12.1 Å². The van der Waals surface area contributed by atoms with Crippen molar-refractivity contribution in [1.29, 1.82) is 5.26 Å². The van der Waals surface area contributed by atoms with E-state index in [0.717, 1.165) is 5.56 Å². The molecule has 0 radical (unpaired) electrons. The van der Waals surface area contributed by atoms with Gasteiger partial charge in [-0.25, -0.2) is 4.79 Å². The van der Waals surface area contributed by atoms with Crippen molar-refractivity contribution in [2.45, 2.75) is 26.3 Å². The Kier molecular flexibility index (Phi) is 7.27. The van der Waals surface area contributed by atoms with Crippen LogP contribution in [0.2, 0.25) is 0 Å². The molecule has 122 valence electrons. The molecular weight excluding hydrogens is 298 g/mol. The second-order valence-corrected chi connectivity index (χ2v) is 4.93. The lowest BCUT2D eigenvalue weighted by Gasteiger charge is -2.13. The third-order valence-corrected chi connectivity index (χ3v) is 2.89. The van der Waals surface area contributed by atoms with E-state index < -0.39 is 30.4 Å². The third kappa shape index (κ3) is 6.61. The molecule has 0 fully saturated rings. The molecule has 7 heteroatoms. The lowest BCUT2D eigenvalue weighted by molar-refractivity contribution is -0.150. The summed E-state index contributed by atoms with van der Waals surface area (Å²) in [6.45, 7) is 3.09. The van der Waals surface area contributed by atoms with Crippen LogP contribution in [0.15, 0.2) is 24.3 Å². The van der Waals surface area contributed by atoms with Crippen molar-refractivity contribution in [1.82, 2.24) is 10.6 Å². The second-order valence-electron chi connectivity index (χ2n) is 4.93. The first-order valence-corrected chi connectivity index (χ1v) is 7.12. The minimum absolute atomic E-state index is 0.183. The van der Waals surface area contributed by atoms with Gasteiger partial charge in [-0.1, -0.05) is 17.7 Å². The van der Waals surface area contributed by atoms with Gasteiger partial charge in [0.05, 0.1) is 12.5 Å². The van der Waals surface area contributed by atoms with Gasteiger partial charge in [0.1, 0.15) is 6.04 Å².